The molecule has 0 saturated carbocycles. The van der Waals surface area contributed by atoms with E-state index in [2.05, 4.69) is 70.0 Å². The van der Waals surface area contributed by atoms with Crippen molar-refractivity contribution >= 4 is 33.2 Å². The number of hydrogen-bond donors (Lipinski definition) is 3. The SMILES string of the molecule is Oc1cccc2c(Nc3ccc(CCCc4c[nH]c5ccccc45)cc3)ccnc12. The summed E-state index contributed by atoms with van der Waals surface area (Å²) in [6, 6.07) is 24.4. The highest BCUT2D eigenvalue weighted by Gasteiger charge is 2.06. The van der Waals surface area contributed by atoms with Crippen molar-refractivity contribution in [3.05, 3.63) is 96.3 Å². The number of phenols is 1. The highest BCUT2D eigenvalue weighted by Crippen LogP contribution is 2.30. The van der Waals surface area contributed by atoms with Gasteiger partial charge in [-0.25, -0.2) is 0 Å². The summed E-state index contributed by atoms with van der Waals surface area (Å²) in [6.45, 7) is 0. The van der Waals surface area contributed by atoms with Gasteiger partial charge in [0.05, 0.1) is 0 Å². The number of rotatable bonds is 6. The van der Waals surface area contributed by atoms with Gasteiger partial charge in [0.2, 0.25) is 0 Å². The first-order valence-corrected chi connectivity index (χ1v) is 10.3. The van der Waals surface area contributed by atoms with Crippen molar-refractivity contribution in [3.63, 3.8) is 0 Å². The summed E-state index contributed by atoms with van der Waals surface area (Å²) < 4.78 is 0. The van der Waals surface area contributed by atoms with E-state index in [1.54, 1.807) is 12.3 Å². The summed E-state index contributed by atoms with van der Waals surface area (Å²) in [4.78, 5) is 7.63. The molecule has 0 atom stereocenters. The van der Waals surface area contributed by atoms with Gasteiger partial charge in [-0.3, -0.25) is 4.98 Å². The number of H-pyrrole nitrogens is 1. The molecule has 0 fully saturated rings. The number of pyridine rings is 1. The number of phenolic OH excluding ortho intramolecular Hbond substituents is 1. The highest BCUT2D eigenvalue weighted by molar-refractivity contribution is 5.95. The van der Waals surface area contributed by atoms with Crippen molar-refractivity contribution in [2.75, 3.05) is 5.32 Å². The molecule has 3 aromatic carbocycles. The molecule has 148 valence electrons. The minimum absolute atomic E-state index is 0.196. The summed E-state index contributed by atoms with van der Waals surface area (Å²) >= 11 is 0. The van der Waals surface area contributed by atoms with Gasteiger partial charge in [0.1, 0.15) is 11.3 Å². The lowest BCUT2D eigenvalue weighted by atomic mass is 10.0. The molecule has 4 heteroatoms. The summed E-state index contributed by atoms with van der Waals surface area (Å²) in [5.41, 5.74) is 6.49. The van der Waals surface area contributed by atoms with E-state index in [-0.39, 0.29) is 5.75 Å². The molecule has 0 radical (unpaired) electrons. The van der Waals surface area contributed by atoms with Crippen LogP contribution in [0, 0.1) is 0 Å². The molecule has 2 aromatic heterocycles. The molecule has 0 bridgehead atoms. The predicted molar refractivity (Wildman–Crippen MR) is 123 cm³/mol. The van der Waals surface area contributed by atoms with Crippen LogP contribution in [0.1, 0.15) is 17.5 Å². The minimum Gasteiger partial charge on any atom is -0.506 e. The van der Waals surface area contributed by atoms with Crippen LogP contribution >= 0.6 is 0 Å². The Labute approximate surface area is 175 Å². The zero-order valence-electron chi connectivity index (χ0n) is 16.6. The first-order valence-electron chi connectivity index (χ1n) is 10.3. The summed E-state index contributed by atoms with van der Waals surface area (Å²) in [5, 5.41) is 15.7. The van der Waals surface area contributed by atoms with Crippen molar-refractivity contribution in [2.24, 2.45) is 0 Å². The second-order valence-corrected chi connectivity index (χ2v) is 7.57. The van der Waals surface area contributed by atoms with E-state index in [9.17, 15) is 5.11 Å². The average Bonchev–Trinajstić information content (AvgIpc) is 3.19. The van der Waals surface area contributed by atoms with E-state index in [0.717, 1.165) is 36.0 Å². The number of nitrogens with zero attached hydrogens (tertiary/aromatic N) is 1. The van der Waals surface area contributed by atoms with Gasteiger partial charge in [0, 0.05) is 40.1 Å². The van der Waals surface area contributed by atoms with Gasteiger partial charge in [-0.1, -0.05) is 42.5 Å². The Morgan fingerprint density at radius 2 is 1.67 bits per heavy atom. The number of para-hydroxylation sites is 2. The normalized spacial score (nSPS) is 11.2. The van der Waals surface area contributed by atoms with Gasteiger partial charge in [0.15, 0.2) is 0 Å². The Kier molecular flexibility index (Phi) is 4.81. The Morgan fingerprint density at radius 3 is 2.57 bits per heavy atom. The fraction of sp³-hybridized carbons (Fsp3) is 0.115. The maximum Gasteiger partial charge on any atom is 0.141 e. The van der Waals surface area contributed by atoms with Crippen molar-refractivity contribution in [1.82, 2.24) is 9.97 Å². The van der Waals surface area contributed by atoms with Crippen LogP contribution in [0.25, 0.3) is 21.8 Å². The molecule has 0 amide bonds. The zero-order valence-corrected chi connectivity index (χ0v) is 16.6. The average molecular weight is 393 g/mol. The maximum absolute atomic E-state index is 10.0. The van der Waals surface area contributed by atoms with E-state index >= 15 is 0 Å². The lowest BCUT2D eigenvalue weighted by Gasteiger charge is -2.11. The molecule has 0 aliphatic rings. The number of aromatic hydroxyl groups is 1. The van der Waals surface area contributed by atoms with Crippen molar-refractivity contribution in [2.45, 2.75) is 19.3 Å². The number of aromatic amines is 1. The number of fused-ring (bicyclic) bond motifs is 2. The van der Waals surface area contributed by atoms with Crippen LogP contribution in [-0.4, -0.2) is 15.1 Å². The van der Waals surface area contributed by atoms with Crippen LogP contribution in [0.2, 0.25) is 0 Å². The molecule has 0 aliphatic carbocycles. The molecule has 5 rings (SSSR count). The molecule has 5 aromatic rings. The van der Waals surface area contributed by atoms with Crippen LogP contribution in [0.5, 0.6) is 5.75 Å². The molecule has 30 heavy (non-hydrogen) atoms. The molecule has 0 unspecified atom stereocenters. The fourth-order valence-electron chi connectivity index (χ4n) is 4.00. The van der Waals surface area contributed by atoms with Gasteiger partial charge < -0.3 is 15.4 Å². The molecule has 3 N–H and O–H groups in total. The Balaban J connectivity index is 1.24. The van der Waals surface area contributed by atoms with E-state index in [1.165, 1.54) is 22.0 Å². The molecular weight excluding hydrogens is 370 g/mol. The van der Waals surface area contributed by atoms with Gasteiger partial charge >= 0.3 is 0 Å². The third kappa shape index (κ3) is 3.60. The highest BCUT2D eigenvalue weighted by atomic mass is 16.3. The summed E-state index contributed by atoms with van der Waals surface area (Å²) in [7, 11) is 0. The monoisotopic (exact) mass is 393 g/mol. The lowest BCUT2D eigenvalue weighted by Crippen LogP contribution is -1.94. The number of benzene rings is 3. The number of aromatic nitrogens is 2. The summed E-state index contributed by atoms with van der Waals surface area (Å²) in [6.07, 6.45) is 7.07. The fourth-order valence-corrected chi connectivity index (χ4v) is 4.00. The van der Waals surface area contributed by atoms with Crippen molar-refractivity contribution in [3.8, 4) is 5.75 Å². The second kappa shape index (κ2) is 7.91. The van der Waals surface area contributed by atoms with E-state index in [0.29, 0.717) is 5.52 Å². The van der Waals surface area contributed by atoms with Crippen molar-refractivity contribution in [1.29, 1.82) is 0 Å². The molecule has 2 heterocycles. The van der Waals surface area contributed by atoms with Crippen LogP contribution in [0.3, 0.4) is 0 Å². The second-order valence-electron chi connectivity index (χ2n) is 7.57. The first-order chi connectivity index (χ1) is 14.8. The Morgan fingerprint density at radius 1 is 0.833 bits per heavy atom. The van der Waals surface area contributed by atoms with Crippen LogP contribution < -0.4 is 5.32 Å². The topological polar surface area (TPSA) is 60.9 Å². The standard InChI is InChI=1S/C26H23N3O/c30-25-10-4-8-22-24(15-16-27-26(22)25)29-20-13-11-18(12-14-20)5-3-6-19-17-28-23-9-2-1-7-21(19)23/h1-2,4,7-17,28,30H,3,5-6H2,(H,27,29). The van der Waals surface area contributed by atoms with Crippen LogP contribution in [0.4, 0.5) is 11.4 Å². The van der Waals surface area contributed by atoms with Crippen LogP contribution in [-0.2, 0) is 12.8 Å². The predicted octanol–water partition coefficient (Wildman–Crippen LogP) is 6.34. The quantitative estimate of drug-likeness (QED) is 0.315. The molecular formula is C26H23N3O. The molecule has 0 spiro atoms. The zero-order chi connectivity index (χ0) is 20.3. The number of nitrogens with one attached hydrogen (secondary N) is 2. The smallest absolute Gasteiger partial charge is 0.141 e. The van der Waals surface area contributed by atoms with Gasteiger partial charge in [-0.15, -0.1) is 0 Å². The van der Waals surface area contributed by atoms with E-state index in [4.69, 9.17) is 0 Å². The largest absolute Gasteiger partial charge is 0.506 e. The lowest BCUT2D eigenvalue weighted by molar-refractivity contribution is 0.480. The third-order valence-electron chi connectivity index (χ3n) is 5.57. The Hall–Kier alpha value is -3.79. The number of anilines is 2. The van der Waals surface area contributed by atoms with E-state index < -0.39 is 0 Å². The minimum atomic E-state index is 0.196. The van der Waals surface area contributed by atoms with Gasteiger partial charge in [0.25, 0.3) is 0 Å². The van der Waals surface area contributed by atoms with Crippen LogP contribution in [0.15, 0.2) is 85.2 Å². The number of aryl methyl sites for hydroxylation is 2. The molecule has 4 nitrogen and oxygen atoms in total. The molecule has 0 aliphatic heterocycles. The third-order valence-corrected chi connectivity index (χ3v) is 5.57. The van der Waals surface area contributed by atoms with E-state index in [1.807, 2.05) is 18.2 Å². The van der Waals surface area contributed by atoms with Gasteiger partial charge in [-0.05, 0) is 60.7 Å². The number of hydrogen-bond acceptors (Lipinski definition) is 3. The summed E-state index contributed by atoms with van der Waals surface area (Å²) in [5.74, 6) is 0.196. The van der Waals surface area contributed by atoms with Crippen molar-refractivity contribution < 1.29 is 5.11 Å². The Bertz CT molecular complexity index is 1310. The van der Waals surface area contributed by atoms with Gasteiger partial charge in [-0.2, -0.15) is 0 Å². The molecule has 0 saturated heterocycles. The maximum atomic E-state index is 10.0. The first kappa shape index (κ1) is 18.3.